The van der Waals surface area contributed by atoms with Gasteiger partial charge in [-0.25, -0.2) is 4.98 Å². The van der Waals surface area contributed by atoms with E-state index >= 15 is 0 Å². The van der Waals surface area contributed by atoms with Crippen LogP contribution in [-0.2, 0) is 17.5 Å². The number of unbranched alkanes of at least 4 members (excludes halogenated alkanes) is 1. The second-order valence-electron chi connectivity index (χ2n) is 7.54. The number of halogens is 4. The van der Waals surface area contributed by atoms with Gasteiger partial charge in [0.25, 0.3) is 0 Å². The lowest BCUT2D eigenvalue weighted by Crippen LogP contribution is -2.48. The van der Waals surface area contributed by atoms with Gasteiger partial charge in [-0.2, -0.15) is 13.2 Å². The zero-order chi connectivity index (χ0) is 22.3. The van der Waals surface area contributed by atoms with Crippen molar-refractivity contribution >= 4 is 29.9 Å². The summed E-state index contributed by atoms with van der Waals surface area (Å²) in [6, 6.07) is 5.38. The number of rotatable bonds is 7. The molecule has 1 N–H and O–H groups in total. The fraction of sp³-hybridized carbons (Fsp3) is 0.545. The summed E-state index contributed by atoms with van der Waals surface area (Å²) in [5.41, 5.74) is -0.120. The average molecular weight is 565 g/mol. The molecule has 2 heterocycles. The lowest BCUT2D eigenvalue weighted by atomic mass is 10.0. The number of nitrogens with zero attached hydrogens (tertiary/aromatic N) is 4. The van der Waals surface area contributed by atoms with Crippen molar-refractivity contribution in [3.05, 3.63) is 53.6 Å². The van der Waals surface area contributed by atoms with E-state index in [4.69, 9.17) is 9.73 Å². The van der Waals surface area contributed by atoms with Crippen molar-refractivity contribution < 1.29 is 17.9 Å². The quantitative estimate of drug-likeness (QED) is 0.230. The smallest absolute Gasteiger partial charge is 0.370 e. The number of imidazole rings is 1. The number of hydrogen-bond acceptors (Lipinski definition) is 3. The van der Waals surface area contributed by atoms with Gasteiger partial charge in [-0.1, -0.05) is 12.1 Å². The van der Waals surface area contributed by atoms with Crippen LogP contribution in [0.5, 0.6) is 0 Å². The Morgan fingerprint density at radius 2 is 2.12 bits per heavy atom. The van der Waals surface area contributed by atoms with Crippen molar-refractivity contribution in [1.82, 2.24) is 19.8 Å². The van der Waals surface area contributed by atoms with Gasteiger partial charge in [0.15, 0.2) is 5.96 Å². The standard InChI is InChI=1S/C22H30F3N5O.HI/c1-3-26-21(28-9-4-5-11-29-12-10-27-17(29)2)30-13-14-31-20(16-30)18-7-6-8-19(15-18)22(23,24)25;/h6-8,10,12,15,20H,3-5,9,11,13-14,16H2,1-2H3,(H,26,28);1H. The number of aromatic nitrogens is 2. The zero-order valence-corrected chi connectivity index (χ0v) is 20.8. The summed E-state index contributed by atoms with van der Waals surface area (Å²) in [7, 11) is 0. The first kappa shape index (κ1) is 26.4. The van der Waals surface area contributed by atoms with E-state index in [1.807, 2.05) is 20.0 Å². The van der Waals surface area contributed by atoms with Gasteiger partial charge in [-0.15, -0.1) is 24.0 Å². The lowest BCUT2D eigenvalue weighted by molar-refractivity contribution is -0.137. The monoisotopic (exact) mass is 565 g/mol. The Morgan fingerprint density at radius 1 is 1.31 bits per heavy atom. The van der Waals surface area contributed by atoms with Crippen LogP contribution < -0.4 is 5.32 Å². The van der Waals surface area contributed by atoms with Crippen molar-refractivity contribution in [2.24, 2.45) is 4.99 Å². The third-order valence-electron chi connectivity index (χ3n) is 5.28. The molecule has 178 valence electrons. The van der Waals surface area contributed by atoms with Crippen molar-refractivity contribution in [3.63, 3.8) is 0 Å². The summed E-state index contributed by atoms with van der Waals surface area (Å²) < 4.78 is 47.1. The first-order chi connectivity index (χ1) is 14.9. The minimum absolute atomic E-state index is 0. The topological polar surface area (TPSA) is 54.7 Å². The normalized spacial score (nSPS) is 17.2. The Kier molecular flexibility index (Phi) is 10.3. The van der Waals surface area contributed by atoms with Crippen LogP contribution in [0.1, 0.15) is 42.8 Å². The molecule has 0 aliphatic carbocycles. The van der Waals surface area contributed by atoms with Crippen LogP contribution in [0.15, 0.2) is 41.7 Å². The van der Waals surface area contributed by atoms with Gasteiger partial charge in [-0.3, -0.25) is 4.99 Å². The number of ether oxygens (including phenoxy) is 1. The molecule has 0 bridgehead atoms. The molecule has 1 fully saturated rings. The minimum Gasteiger partial charge on any atom is -0.370 e. The van der Waals surface area contributed by atoms with Crippen molar-refractivity contribution in [3.8, 4) is 0 Å². The fourth-order valence-electron chi connectivity index (χ4n) is 3.60. The van der Waals surface area contributed by atoms with Crippen LogP contribution in [0.3, 0.4) is 0 Å². The number of guanidine groups is 1. The SMILES string of the molecule is CCNC(=NCCCCn1ccnc1C)N1CCOC(c2cccc(C(F)(F)F)c2)C1.I. The number of aryl methyl sites for hydroxylation is 2. The summed E-state index contributed by atoms with van der Waals surface area (Å²) in [5.74, 6) is 1.78. The summed E-state index contributed by atoms with van der Waals surface area (Å²) >= 11 is 0. The van der Waals surface area contributed by atoms with E-state index < -0.39 is 17.8 Å². The molecule has 1 atom stereocenters. The molecule has 3 rings (SSSR count). The fourth-order valence-corrected chi connectivity index (χ4v) is 3.60. The number of nitrogens with one attached hydrogen (secondary N) is 1. The van der Waals surface area contributed by atoms with Gasteiger partial charge in [0.05, 0.1) is 18.7 Å². The van der Waals surface area contributed by atoms with Crippen LogP contribution in [0.4, 0.5) is 13.2 Å². The molecule has 1 saturated heterocycles. The Balaban J connectivity index is 0.00000363. The van der Waals surface area contributed by atoms with E-state index in [1.165, 1.54) is 12.1 Å². The summed E-state index contributed by atoms with van der Waals surface area (Å²) in [4.78, 5) is 11.0. The number of benzene rings is 1. The molecule has 1 aliphatic rings. The molecule has 1 unspecified atom stereocenters. The van der Waals surface area contributed by atoms with Gasteiger partial charge in [0.2, 0.25) is 0 Å². The highest BCUT2D eigenvalue weighted by molar-refractivity contribution is 14.0. The van der Waals surface area contributed by atoms with Crippen LogP contribution in [0.25, 0.3) is 0 Å². The van der Waals surface area contributed by atoms with Crippen LogP contribution >= 0.6 is 24.0 Å². The highest BCUT2D eigenvalue weighted by Gasteiger charge is 2.32. The van der Waals surface area contributed by atoms with Gasteiger partial charge < -0.3 is 19.5 Å². The Morgan fingerprint density at radius 3 is 2.81 bits per heavy atom. The molecule has 1 aromatic carbocycles. The van der Waals surface area contributed by atoms with E-state index in [9.17, 15) is 13.2 Å². The van der Waals surface area contributed by atoms with Crippen LogP contribution in [0, 0.1) is 6.92 Å². The Bertz CT molecular complexity index is 871. The van der Waals surface area contributed by atoms with Gasteiger partial charge in [-0.05, 0) is 44.4 Å². The molecule has 32 heavy (non-hydrogen) atoms. The summed E-state index contributed by atoms with van der Waals surface area (Å²) in [5, 5.41) is 3.30. The van der Waals surface area contributed by atoms with Gasteiger partial charge in [0.1, 0.15) is 11.9 Å². The van der Waals surface area contributed by atoms with Crippen molar-refractivity contribution in [2.75, 3.05) is 32.8 Å². The average Bonchev–Trinajstić information content (AvgIpc) is 3.17. The van der Waals surface area contributed by atoms with Crippen LogP contribution in [-0.4, -0.2) is 53.2 Å². The molecular formula is C22H31F3IN5O. The van der Waals surface area contributed by atoms with Gasteiger partial charge >= 0.3 is 6.18 Å². The predicted octanol–water partition coefficient (Wildman–Crippen LogP) is 4.65. The summed E-state index contributed by atoms with van der Waals surface area (Å²) in [6.07, 6.45) is 0.921. The predicted molar refractivity (Wildman–Crippen MR) is 129 cm³/mol. The maximum absolute atomic E-state index is 13.1. The van der Waals surface area contributed by atoms with E-state index in [-0.39, 0.29) is 24.0 Å². The molecule has 6 nitrogen and oxygen atoms in total. The third kappa shape index (κ3) is 7.36. The first-order valence-electron chi connectivity index (χ1n) is 10.7. The first-order valence-corrected chi connectivity index (χ1v) is 10.7. The van der Waals surface area contributed by atoms with Crippen molar-refractivity contribution in [2.45, 2.75) is 45.5 Å². The maximum atomic E-state index is 13.1. The minimum atomic E-state index is -4.37. The zero-order valence-electron chi connectivity index (χ0n) is 18.4. The van der Waals surface area contributed by atoms with E-state index in [0.29, 0.717) is 31.8 Å². The number of morpholine rings is 1. The second kappa shape index (κ2) is 12.4. The molecule has 1 aliphatic heterocycles. The molecular weight excluding hydrogens is 534 g/mol. The second-order valence-corrected chi connectivity index (χ2v) is 7.54. The maximum Gasteiger partial charge on any atom is 0.416 e. The molecule has 2 aromatic rings. The van der Waals surface area contributed by atoms with E-state index in [1.54, 1.807) is 12.3 Å². The highest BCUT2D eigenvalue weighted by Crippen LogP contribution is 2.32. The molecule has 10 heteroatoms. The number of hydrogen-bond donors (Lipinski definition) is 1. The number of alkyl halides is 3. The lowest BCUT2D eigenvalue weighted by Gasteiger charge is -2.35. The number of aliphatic imine (C=N–C) groups is 1. The van der Waals surface area contributed by atoms with Crippen LogP contribution in [0.2, 0.25) is 0 Å². The van der Waals surface area contributed by atoms with E-state index in [2.05, 4.69) is 19.8 Å². The van der Waals surface area contributed by atoms with Crippen molar-refractivity contribution in [1.29, 1.82) is 0 Å². The largest absolute Gasteiger partial charge is 0.416 e. The molecule has 0 spiro atoms. The Labute approximate surface area is 204 Å². The van der Waals surface area contributed by atoms with E-state index in [0.717, 1.165) is 43.8 Å². The molecule has 0 saturated carbocycles. The third-order valence-corrected chi connectivity index (χ3v) is 5.28. The summed E-state index contributed by atoms with van der Waals surface area (Å²) in [6.45, 7) is 7.85. The highest BCUT2D eigenvalue weighted by atomic mass is 127. The molecule has 0 radical (unpaired) electrons. The Hall–Kier alpha value is -1.82. The molecule has 0 amide bonds. The van der Waals surface area contributed by atoms with Gasteiger partial charge in [0, 0.05) is 38.6 Å². The molecule has 1 aromatic heterocycles.